The number of aldehydes is 2. The summed E-state index contributed by atoms with van der Waals surface area (Å²) in [6, 6.07) is 36.2. The van der Waals surface area contributed by atoms with Crippen LogP contribution in [0.3, 0.4) is 0 Å². The van der Waals surface area contributed by atoms with E-state index in [2.05, 4.69) is 78.0 Å². The Kier molecular flexibility index (Phi) is 19.5. The number of hydrogen-bond acceptors (Lipinski definition) is 15. The van der Waals surface area contributed by atoms with Crippen LogP contribution in [0.2, 0.25) is 0 Å². The highest BCUT2D eigenvalue weighted by Crippen LogP contribution is 2.42. The molecule has 0 aliphatic carbocycles. The number of nitrogens with zero attached hydrogens (tertiary/aromatic N) is 1. The summed E-state index contributed by atoms with van der Waals surface area (Å²) in [5.74, 6) is -1.84. The van der Waals surface area contributed by atoms with Gasteiger partial charge in [-0.2, -0.15) is 0 Å². The third-order valence-corrected chi connectivity index (χ3v) is 16.6. The van der Waals surface area contributed by atoms with Gasteiger partial charge in [0.2, 0.25) is 0 Å². The van der Waals surface area contributed by atoms with Crippen LogP contribution < -0.4 is 0 Å². The molecule has 5 aliphatic heterocycles. The molecule has 5 fully saturated rings. The van der Waals surface area contributed by atoms with Crippen LogP contribution in [0.25, 0.3) is 20.9 Å². The van der Waals surface area contributed by atoms with Crippen molar-refractivity contribution in [2.24, 2.45) is 0 Å². The molecule has 5 saturated heterocycles. The van der Waals surface area contributed by atoms with Crippen LogP contribution in [-0.4, -0.2) is 126 Å². The quantitative estimate of drug-likeness (QED) is 0.0825. The van der Waals surface area contributed by atoms with Crippen LogP contribution in [0.4, 0.5) is 0 Å². The summed E-state index contributed by atoms with van der Waals surface area (Å²) >= 11 is 5.84. The third-order valence-electron chi connectivity index (χ3n) is 13.6. The molecular formula is C60H68INO13S2. The molecule has 410 valence electrons. The van der Waals surface area contributed by atoms with Crippen LogP contribution in [0.5, 0.6) is 0 Å². The number of rotatable bonds is 11. The van der Waals surface area contributed by atoms with Crippen molar-refractivity contribution in [2.45, 2.75) is 135 Å². The van der Waals surface area contributed by atoms with E-state index in [-0.39, 0.29) is 5.91 Å². The molecule has 1 amide bonds. The maximum atomic E-state index is 12.3. The molecule has 5 aliphatic rings. The van der Waals surface area contributed by atoms with E-state index in [1.807, 2.05) is 75.4 Å². The highest BCUT2D eigenvalue weighted by Gasteiger charge is 2.58. The van der Waals surface area contributed by atoms with Crippen LogP contribution in [0.15, 0.2) is 109 Å². The van der Waals surface area contributed by atoms with E-state index in [0.29, 0.717) is 43.9 Å². The Morgan fingerprint density at radius 1 is 0.675 bits per heavy atom. The summed E-state index contributed by atoms with van der Waals surface area (Å²) in [5, 5.41) is 31.9. The summed E-state index contributed by atoms with van der Waals surface area (Å²) in [7, 11) is 0. The number of fused-ring (bicyclic) bond motifs is 2. The fraction of sp³-hybridized carbons (Fsp3) is 0.417. The molecular weight excluding hydrogens is 1130 g/mol. The molecule has 0 saturated carbocycles. The molecule has 14 nitrogen and oxygen atoms in total. The molecule has 9 atom stereocenters. The van der Waals surface area contributed by atoms with Gasteiger partial charge in [0.25, 0.3) is 5.91 Å². The fourth-order valence-corrected chi connectivity index (χ4v) is 12.3. The van der Waals surface area contributed by atoms with Crippen LogP contribution >= 0.6 is 45.3 Å². The van der Waals surface area contributed by atoms with Crippen molar-refractivity contribution in [3.8, 4) is 20.9 Å². The van der Waals surface area contributed by atoms with Crippen LogP contribution in [0, 0.1) is 17.4 Å². The number of aryl methyl sites for hydroxylation is 2. The lowest BCUT2D eigenvalue weighted by Crippen LogP contribution is -2.50. The minimum absolute atomic E-state index is 0.227. The van der Waals surface area contributed by atoms with Crippen LogP contribution in [-0.2, 0) is 50.8 Å². The second-order valence-electron chi connectivity index (χ2n) is 20.1. The van der Waals surface area contributed by atoms with E-state index in [4.69, 9.17) is 33.2 Å². The Morgan fingerprint density at radius 3 is 1.70 bits per heavy atom. The Balaban J connectivity index is 0.000000158. The maximum absolute atomic E-state index is 12.3. The molecule has 0 spiro atoms. The molecule has 77 heavy (non-hydrogen) atoms. The number of thiophene rings is 2. The summed E-state index contributed by atoms with van der Waals surface area (Å²) < 4.78 is 40.3. The summed E-state index contributed by atoms with van der Waals surface area (Å²) in [4.78, 5) is 40.8. The standard InChI is InChI=1S/C27H28O6S.C19H15IOS.C12H19NO6.C2H6/c1-15-7-8-18(22(29)24-23(30)25-26(31-24)33-27(2,3)32-25)12-19(15)13-20-9-10-21(34-20)17-6-4-5-16(11-17)14-28;1-13-5-6-17(20)10-16(13)11-18-7-8-19(22-18)15-4-2-3-14(9-15)12-21;1-12(2)18-9-7(14)8(17-11(9)19-12)10(15)13-3-5-16-6-4-13;1-2/h4-12,14,22-26,29-30H,13H2,1-3H3;2-10,12H,11H2,1H3;7-9,11,14H,3-6H2,1-2H3;1-2H3/t22?,23-,24+,25+,26+;;7-,8-,9+,11+;/m1.1./s1. The molecule has 11 rings (SSSR count). The second-order valence-corrected chi connectivity index (χ2v) is 23.7. The number of morpholine rings is 1. The number of carbonyl (C=O) groups excluding carboxylic acids is 3. The number of halogens is 1. The van der Waals surface area contributed by atoms with Crippen molar-refractivity contribution in [1.82, 2.24) is 4.90 Å². The van der Waals surface area contributed by atoms with Crippen molar-refractivity contribution in [1.29, 1.82) is 0 Å². The lowest BCUT2D eigenvalue weighted by atomic mass is 9.94. The van der Waals surface area contributed by atoms with Crippen molar-refractivity contribution >= 4 is 63.7 Å². The predicted molar refractivity (Wildman–Crippen MR) is 304 cm³/mol. The van der Waals surface area contributed by atoms with Gasteiger partial charge in [-0.3, -0.25) is 14.4 Å². The van der Waals surface area contributed by atoms with Crippen molar-refractivity contribution < 1.29 is 62.9 Å². The average molecular weight is 1200 g/mol. The van der Waals surface area contributed by atoms with Gasteiger partial charge in [0.15, 0.2) is 30.3 Å². The lowest BCUT2D eigenvalue weighted by Gasteiger charge is -2.30. The first-order chi connectivity index (χ1) is 36.9. The fourth-order valence-electron chi connectivity index (χ4n) is 9.68. The molecule has 6 aromatic rings. The predicted octanol–water partition coefficient (Wildman–Crippen LogP) is 10.2. The van der Waals surface area contributed by atoms with Gasteiger partial charge in [-0.05, 0) is 152 Å². The zero-order chi connectivity index (χ0) is 55.2. The Labute approximate surface area is 472 Å². The monoisotopic (exact) mass is 1200 g/mol. The molecule has 7 heterocycles. The number of benzene rings is 4. The number of carbonyl (C=O) groups is 3. The highest BCUT2D eigenvalue weighted by molar-refractivity contribution is 14.1. The molecule has 4 aromatic carbocycles. The Bertz CT molecular complexity index is 2990. The Morgan fingerprint density at radius 2 is 1.18 bits per heavy atom. The topological polar surface area (TPSA) is 180 Å². The van der Waals surface area contributed by atoms with E-state index in [9.17, 15) is 29.7 Å². The van der Waals surface area contributed by atoms with E-state index in [0.717, 1.165) is 51.7 Å². The van der Waals surface area contributed by atoms with Crippen LogP contribution in [0.1, 0.15) is 106 Å². The van der Waals surface area contributed by atoms with Gasteiger partial charge in [-0.25, -0.2) is 0 Å². The normalized spacial score (nSPS) is 25.0. The van der Waals surface area contributed by atoms with Crippen molar-refractivity contribution in [2.75, 3.05) is 26.3 Å². The highest BCUT2D eigenvalue weighted by atomic mass is 127. The second kappa shape index (κ2) is 25.7. The van der Waals surface area contributed by atoms with Gasteiger partial charge >= 0.3 is 0 Å². The SMILES string of the molecule is CC.CC1(C)O[C@@H]2O[C@@H](C(=O)N3CCOCC3)[C@@H](O)[C@@H]2O1.Cc1ccc(C(O)[C@@H]2O[C@H]3OC(C)(C)O[C@H]3[C@@H]2O)cc1Cc1ccc(-c2cccc(C=O)c2)s1.Cc1ccc(I)cc1Cc1ccc(-c2cccc(C=O)c2)s1. The number of aliphatic hydroxyl groups excluding tert-OH is 3. The number of aliphatic hydroxyl groups is 3. The van der Waals surface area contributed by atoms with Gasteiger partial charge in [-0.15, -0.1) is 22.7 Å². The smallest absolute Gasteiger partial charge is 0.254 e. The van der Waals surface area contributed by atoms with E-state index >= 15 is 0 Å². The zero-order valence-electron chi connectivity index (χ0n) is 44.6. The minimum atomic E-state index is -1.01. The molecule has 3 N–H and O–H groups in total. The van der Waals surface area contributed by atoms with Gasteiger partial charge in [0.1, 0.15) is 49.2 Å². The van der Waals surface area contributed by atoms with E-state index < -0.39 is 66.9 Å². The third kappa shape index (κ3) is 14.2. The number of ether oxygens (including phenoxy) is 7. The largest absolute Gasteiger partial charge is 0.387 e. The number of amides is 1. The van der Waals surface area contributed by atoms with Crippen molar-refractivity contribution in [3.63, 3.8) is 0 Å². The maximum Gasteiger partial charge on any atom is 0.254 e. The number of hydrogen-bond donors (Lipinski definition) is 3. The first-order valence-corrected chi connectivity index (χ1v) is 28.6. The molecule has 2 aromatic heterocycles. The Hall–Kier alpha value is -4.58. The summed E-state index contributed by atoms with van der Waals surface area (Å²) in [6.45, 7) is 17.3. The van der Waals surface area contributed by atoms with Gasteiger partial charge < -0.3 is 53.4 Å². The summed E-state index contributed by atoms with van der Waals surface area (Å²) in [5.41, 5.74) is 9.11. The molecule has 0 bridgehead atoms. The molecule has 17 heteroatoms. The van der Waals surface area contributed by atoms with E-state index in [1.165, 1.54) is 29.3 Å². The van der Waals surface area contributed by atoms with Crippen molar-refractivity contribution in [3.05, 3.63) is 161 Å². The van der Waals surface area contributed by atoms with E-state index in [1.54, 1.807) is 61.3 Å². The van der Waals surface area contributed by atoms with Gasteiger partial charge in [0, 0.05) is 60.1 Å². The first-order valence-electron chi connectivity index (χ1n) is 25.9. The molecule has 0 radical (unpaired) electrons. The zero-order valence-corrected chi connectivity index (χ0v) is 48.3. The van der Waals surface area contributed by atoms with Gasteiger partial charge in [-0.1, -0.05) is 74.5 Å². The lowest BCUT2D eigenvalue weighted by molar-refractivity contribution is -0.226. The van der Waals surface area contributed by atoms with Gasteiger partial charge in [0.05, 0.1) is 13.2 Å². The first kappa shape index (κ1) is 58.6. The minimum Gasteiger partial charge on any atom is -0.387 e. The average Bonchev–Trinajstić information content (AvgIpc) is 4.32. The molecule has 1 unspecified atom stereocenters. The summed E-state index contributed by atoms with van der Waals surface area (Å²) in [6.07, 6.45) is -3.93.